The maximum atomic E-state index is 13.9. The van der Waals surface area contributed by atoms with Crippen LogP contribution in [0.5, 0.6) is 5.88 Å². The molecule has 0 amide bonds. The molecule has 0 saturated heterocycles. The number of halogens is 2. The summed E-state index contributed by atoms with van der Waals surface area (Å²) >= 11 is 0.968. The molecule has 2 aromatic carbocycles. The molecule has 0 atom stereocenters. The van der Waals surface area contributed by atoms with Gasteiger partial charge < -0.3 is 9.46 Å². The molecular formula is C22H16F2N4OS. The lowest BCUT2D eigenvalue weighted by atomic mass is 9.99. The molecule has 3 rings (SSSR count). The summed E-state index contributed by atoms with van der Waals surface area (Å²) < 4.78 is 35.3. The summed E-state index contributed by atoms with van der Waals surface area (Å²) in [6, 6.07) is 12.4. The standard InChI is InChI=1S/C22H16F2N4OS/c1-13(11-25)17-8-14(4-6-19(17)26-2)15-9-20(22(29-3)27-12-15)28-30-21-7-5-16(23)10-18(21)24/h4-10,12,28H,1-2H2,3H3. The second-order valence-corrected chi connectivity index (χ2v) is 6.89. The van der Waals surface area contributed by atoms with Gasteiger partial charge in [0.1, 0.15) is 17.3 Å². The number of nitrogens with one attached hydrogen (secondary N) is 1. The van der Waals surface area contributed by atoms with Gasteiger partial charge >= 0.3 is 0 Å². The van der Waals surface area contributed by atoms with E-state index in [0.717, 1.165) is 29.1 Å². The molecule has 3 aromatic rings. The van der Waals surface area contributed by atoms with E-state index in [1.807, 2.05) is 12.1 Å². The van der Waals surface area contributed by atoms with Crippen molar-refractivity contribution in [2.75, 3.05) is 11.8 Å². The minimum absolute atomic E-state index is 0.220. The van der Waals surface area contributed by atoms with E-state index in [1.54, 1.807) is 24.4 Å². The molecule has 30 heavy (non-hydrogen) atoms. The zero-order valence-electron chi connectivity index (χ0n) is 15.9. The topological polar surface area (TPSA) is 70.3 Å². The number of methoxy groups -OCH3 is 1. The van der Waals surface area contributed by atoms with Gasteiger partial charge in [0.05, 0.1) is 29.3 Å². The van der Waals surface area contributed by atoms with Crippen LogP contribution >= 0.6 is 11.9 Å². The first-order valence-corrected chi connectivity index (χ1v) is 9.41. The normalized spacial score (nSPS) is 10.2. The van der Waals surface area contributed by atoms with Crippen molar-refractivity contribution in [2.45, 2.75) is 4.90 Å². The number of benzene rings is 2. The first-order valence-electron chi connectivity index (χ1n) is 8.59. The number of nitrogens with zero attached hydrogens (tertiary/aromatic N) is 3. The molecule has 0 aliphatic rings. The third-order valence-electron chi connectivity index (χ3n) is 4.17. The van der Waals surface area contributed by atoms with E-state index >= 15 is 0 Å². The quantitative estimate of drug-likeness (QED) is 0.286. The van der Waals surface area contributed by atoms with Crippen LogP contribution < -0.4 is 9.46 Å². The molecule has 5 nitrogen and oxygen atoms in total. The van der Waals surface area contributed by atoms with Crippen molar-refractivity contribution >= 4 is 35.6 Å². The Morgan fingerprint density at radius 1 is 1.20 bits per heavy atom. The lowest BCUT2D eigenvalue weighted by Gasteiger charge is -2.13. The van der Waals surface area contributed by atoms with E-state index in [2.05, 4.69) is 28.0 Å². The summed E-state index contributed by atoms with van der Waals surface area (Å²) in [5.41, 5.74) is 3.37. The lowest BCUT2D eigenvalue weighted by molar-refractivity contribution is 0.400. The average Bonchev–Trinajstić information content (AvgIpc) is 2.77. The van der Waals surface area contributed by atoms with Gasteiger partial charge in [0, 0.05) is 23.4 Å². The predicted molar refractivity (Wildman–Crippen MR) is 116 cm³/mol. The minimum Gasteiger partial charge on any atom is -0.480 e. The van der Waals surface area contributed by atoms with Gasteiger partial charge in [-0.15, -0.1) is 0 Å². The number of hydrogen-bond acceptors (Lipinski definition) is 6. The highest BCUT2D eigenvalue weighted by Gasteiger charge is 2.12. The third kappa shape index (κ3) is 4.47. The second-order valence-electron chi connectivity index (χ2n) is 6.04. The van der Waals surface area contributed by atoms with Crippen molar-refractivity contribution in [2.24, 2.45) is 4.99 Å². The van der Waals surface area contributed by atoms with Crippen molar-refractivity contribution in [1.82, 2.24) is 4.98 Å². The van der Waals surface area contributed by atoms with Crippen molar-refractivity contribution < 1.29 is 13.5 Å². The molecule has 0 fully saturated rings. The smallest absolute Gasteiger partial charge is 0.237 e. The van der Waals surface area contributed by atoms with E-state index in [1.165, 1.54) is 19.2 Å². The number of hydrogen-bond donors (Lipinski definition) is 1. The summed E-state index contributed by atoms with van der Waals surface area (Å²) in [6.45, 7) is 7.26. The van der Waals surface area contributed by atoms with Crippen LogP contribution in [-0.4, -0.2) is 18.8 Å². The van der Waals surface area contributed by atoms with Crippen LogP contribution in [-0.2, 0) is 0 Å². The van der Waals surface area contributed by atoms with Gasteiger partial charge in [0.2, 0.25) is 5.88 Å². The summed E-state index contributed by atoms with van der Waals surface area (Å²) in [4.78, 5) is 8.43. The van der Waals surface area contributed by atoms with Crippen LogP contribution in [0.15, 0.2) is 65.1 Å². The third-order valence-corrected chi connectivity index (χ3v) is 5.04. The number of pyridine rings is 1. The molecule has 0 spiro atoms. The van der Waals surface area contributed by atoms with Gasteiger partial charge in [0.15, 0.2) is 0 Å². The number of ether oxygens (including phenoxy) is 1. The Morgan fingerprint density at radius 2 is 2.00 bits per heavy atom. The molecule has 0 aliphatic heterocycles. The highest BCUT2D eigenvalue weighted by atomic mass is 32.2. The van der Waals surface area contributed by atoms with Crippen molar-refractivity contribution in [3.8, 4) is 23.1 Å². The molecule has 1 heterocycles. The number of nitriles is 1. The van der Waals surface area contributed by atoms with E-state index in [0.29, 0.717) is 22.8 Å². The maximum absolute atomic E-state index is 13.9. The molecule has 0 radical (unpaired) electrons. The summed E-state index contributed by atoms with van der Waals surface area (Å²) in [6.07, 6.45) is 1.61. The van der Waals surface area contributed by atoms with Crippen molar-refractivity contribution in [1.29, 1.82) is 5.26 Å². The molecule has 0 aliphatic carbocycles. The fourth-order valence-electron chi connectivity index (χ4n) is 2.67. The largest absolute Gasteiger partial charge is 0.480 e. The number of aromatic nitrogens is 1. The van der Waals surface area contributed by atoms with Gasteiger partial charge in [-0.3, -0.25) is 4.99 Å². The Kier molecular flexibility index (Phi) is 6.45. The number of rotatable bonds is 7. The Labute approximate surface area is 176 Å². The van der Waals surface area contributed by atoms with Crippen molar-refractivity contribution in [3.63, 3.8) is 0 Å². The Balaban J connectivity index is 1.95. The average molecular weight is 422 g/mol. The van der Waals surface area contributed by atoms with Crippen molar-refractivity contribution in [3.05, 3.63) is 72.4 Å². The van der Waals surface area contributed by atoms with Gasteiger partial charge in [-0.2, -0.15) is 5.26 Å². The van der Waals surface area contributed by atoms with Crippen LogP contribution in [0, 0.1) is 23.0 Å². The Morgan fingerprint density at radius 3 is 2.67 bits per heavy atom. The fraction of sp³-hybridized carbons (Fsp3) is 0.0455. The molecule has 1 N–H and O–H groups in total. The highest BCUT2D eigenvalue weighted by Crippen LogP contribution is 2.35. The van der Waals surface area contributed by atoms with Crippen LogP contribution in [0.1, 0.15) is 5.56 Å². The SMILES string of the molecule is C=Nc1ccc(-c2cnc(OC)c(NSc3ccc(F)cc3F)c2)cc1C(=C)C#N. The first-order chi connectivity index (χ1) is 14.5. The number of anilines is 1. The second kappa shape index (κ2) is 9.20. The molecule has 0 bridgehead atoms. The van der Waals surface area contributed by atoms with E-state index in [4.69, 9.17) is 4.74 Å². The number of allylic oxidation sites excluding steroid dienone is 1. The number of aliphatic imine (C=N–C) groups is 1. The van der Waals surface area contributed by atoms with Gasteiger partial charge in [-0.25, -0.2) is 13.8 Å². The molecule has 1 aromatic heterocycles. The summed E-state index contributed by atoms with van der Waals surface area (Å²) in [7, 11) is 1.47. The molecule has 8 heteroatoms. The van der Waals surface area contributed by atoms with Gasteiger partial charge in [0.25, 0.3) is 0 Å². The summed E-state index contributed by atoms with van der Waals surface area (Å²) in [5.74, 6) is -1.02. The molecule has 0 unspecified atom stereocenters. The van der Waals surface area contributed by atoms with Gasteiger partial charge in [-0.1, -0.05) is 12.6 Å². The van der Waals surface area contributed by atoms with Crippen LogP contribution in [0.2, 0.25) is 0 Å². The minimum atomic E-state index is -0.678. The van der Waals surface area contributed by atoms with E-state index in [-0.39, 0.29) is 10.5 Å². The predicted octanol–water partition coefficient (Wildman–Crippen LogP) is 6.02. The zero-order valence-corrected chi connectivity index (χ0v) is 16.8. The fourth-order valence-corrected chi connectivity index (χ4v) is 3.33. The van der Waals surface area contributed by atoms with Crippen LogP contribution in [0.3, 0.4) is 0 Å². The maximum Gasteiger partial charge on any atom is 0.237 e. The van der Waals surface area contributed by atoms with Crippen LogP contribution in [0.25, 0.3) is 16.7 Å². The van der Waals surface area contributed by atoms with E-state index in [9.17, 15) is 14.0 Å². The molecule has 150 valence electrons. The van der Waals surface area contributed by atoms with Gasteiger partial charge in [-0.05, 0) is 54.6 Å². The summed E-state index contributed by atoms with van der Waals surface area (Å²) in [5, 5.41) is 9.19. The van der Waals surface area contributed by atoms with Crippen LogP contribution in [0.4, 0.5) is 20.2 Å². The lowest BCUT2D eigenvalue weighted by Crippen LogP contribution is -1.97. The zero-order chi connectivity index (χ0) is 21.7. The Bertz CT molecular complexity index is 1170. The molecule has 0 saturated carbocycles. The Hall–Kier alpha value is -3.70. The molecular weight excluding hydrogens is 406 g/mol. The first kappa shape index (κ1) is 21.0. The highest BCUT2D eigenvalue weighted by molar-refractivity contribution is 8.00. The monoisotopic (exact) mass is 422 g/mol. The van der Waals surface area contributed by atoms with E-state index < -0.39 is 11.6 Å².